The van der Waals surface area contributed by atoms with E-state index >= 15 is 0 Å². The summed E-state index contributed by atoms with van der Waals surface area (Å²) in [5.41, 5.74) is 0.568. The Labute approximate surface area is 183 Å². The first-order valence-corrected chi connectivity index (χ1v) is 9.22. The highest BCUT2D eigenvalue weighted by atomic mass is 127. The monoisotopic (exact) mass is 514 g/mol. The predicted octanol–water partition coefficient (Wildman–Crippen LogP) is 3.87. The standard InChI is InChI=1S/C18H28Cl2N4O.HI/c1-5-22-16(25)18(2,3)12-24-17(21-4)23-10-6-7-13-8-9-14(19)11-15(13)20;/h8-9,11H,5-7,10,12H2,1-4H3,(H,22,25)(H2,21,23,24);1H. The summed E-state index contributed by atoms with van der Waals surface area (Å²) < 4.78 is 0. The van der Waals surface area contributed by atoms with E-state index in [1.807, 2.05) is 32.9 Å². The summed E-state index contributed by atoms with van der Waals surface area (Å²) in [6.45, 7) is 7.60. The lowest BCUT2D eigenvalue weighted by Crippen LogP contribution is -2.48. The first kappa shape index (κ1) is 25.3. The maximum Gasteiger partial charge on any atom is 0.227 e. The molecule has 1 aromatic carbocycles. The Morgan fingerprint density at radius 2 is 1.88 bits per heavy atom. The molecule has 26 heavy (non-hydrogen) atoms. The van der Waals surface area contributed by atoms with Crippen LogP contribution in [0.1, 0.15) is 32.8 Å². The van der Waals surface area contributed by atoms with Crippen LogP contribution in [0.15, 0.2) is 23.2 Å². The van der Waals surface area contributed by atoms with Gasteiger partial charge in [0.2, 0.25) is 5.91 Å². The lowest BCUT2D eigenvalue weighted by Gasteiger charge is -2.24. The van der Waals surface area contributed by atoms with Crippen LogP contribution in [0.5, 0.6) is 0 Å². The lowest BCUT2D eigenvalue weighted by molar-refractivity contribution is -0.128. The van der Waals surface area contributed by atoms with Gasteiger partial charge < -0.3 is 16.0 Å². The molecule has 1 aromatic rings. The maximum atomic E-state index is 12.0. The van der Waals surface area contributed by atoms with Crippen LogP contribution in [0.3, 0.4) is 0 Å². The van der Waals surface area contributed by atoms with E-state index in [2.05, 4.69) is 20.9 Å². The van der Waals surface area contributed by atoms with E-state index in [0.29, 0.717) is 29.1 Å². The van der Waals surface area contributed by atoms with Crippen LogP contribution >= 0.6 is 47.2 Å². The Hall–Kier alpha value is -0.730. The average molecular weight is 515 g/mol. The minimum absolute atomic E-state index is 0. The molecule has 3 N–H and O–H groups in total. The minimum atomic E-state index is -0.509. The Kier molecular flexibility index (Phi) is 12.3. The lowest BCUT2D eigenvalue weighted by atomic mass is 9.92. The number of aryl methyl sites for hydroxylation is 1. The molecule has 0 saturated carbocycles. The first-order chi connectivity index (χ1) is 11.8. The van der Waals surface area contributed by atoms with Crippen molar-refractivity contribution < 1.29 is 4.79 Å². The van der Waals surface area contributed by atoms with Gasteiger partial charge in [-0.05, 0) is 51.3 Å². The zero-order chi connectivity index (χ0) is 18.9. The van der Waals surface area contributed by atoms with E-state index in [4.69, 9.17) is 23.2 Å². The molecule has 1 amide bonds. The molecule has 0 aliphatic heterocycles. The van der Waals surface area contributed by atoms with Crippen molar-refractivity contribution in [2.24, 2.45) is 10.4 Å². The number of aliphatic imine (C=N–C) groups is 1. The van der Waals surface area contributed by atoms with Crippen molar-refractivity contribution in [3.8, 4) is 0 Å². The highest BCUT2D eigenvalue weighted by Crippen LogP contribution is 2.21. The molecule has 0 aliphatic carbocycles. The molecule has 0 atom stereocenters. The number of nitrogens with one attached hydrogen (secondary N) is 3. The Morgan fingerprint density at radius 3 is 2.46 bits per heavy atom. The molecular formula is C18H29Cl2IN4O. The molecule has 0 saturated heterocycles. The molecule has 8 heteroatoms. The van der Waals surface area contributed by atoms with Crippen LogP contribution in [0.2, 0.25) is 10.0 Å². The predicted molar refractivity (Wildman–Crippen MR) is 122 cm³/mol. The van der Waals surface area contributed by atoms with Crippen LogP contribution in [0.4, 0.5) is 0 Å². The number of nitrogens with zero attached hydrogens (tertiary/aromatic N) is 1. The fourth-order valence-electron chi connectivity index (χ4n) is 2.22. The number of amides is 1. The van der Waals surface area contributed by atoms with Crippen molar-refractivity contribution in [1.82, 2.24) is 16.0 Å². The molecule has 0 aliphatic rings. The Bertz CT molecular complexity index is 609. The molecule has 0 spiro atoms. The number of hydrogen-bond acceptors (Lipinski definition) is 2. The van der Waals surface area contributed by atoms with E-state index in [9.17, 15) is 4.79 Å². The van der Waals surface area contributed by atoms with Crippen molar-refractivity contribution >= 4 is 59.0 Å². The van der Waals surface area contributed by atoms with E-state index in [1.165, 1.54) is 0 Å². The number of carbonyl (C=O) groups excluding carboxylic acids is 1. The fraction of sp³-hybridized carbons (Fsp3) is 0.556. The second-order valence-corrected chi connectivity index (χ2v) is 7.28. The minimum Gasteiger partial charge on any atom is -0.356 e. The van der Waals surface area contributed by atoms with E-state index in [1.54, 1.807) is 13.1 Å². The van der Waals surface area contributed by atoms with Crippen LogP contribution < -0.4 is 16.0 Å². The van der Waals surface area contributed by atoms with Crippen molar-refractivity contribution in [3.63, 3.8) is 0 Å². The largest absolute Gasteiger partial charge is 0.356 e. The molecule has 5 nitrogen and oxygen atoms in total. The molecule has 0 radical (unpaired) electrons. The maximum absolute atomic E-state index is 12.0. The van der Waals surface area contributed by atoms with Crippen LogP contribution in [0, 0.1) is 5.41 Å². The zero-order valence-corrected chi connectivity index (χ0v) is 19.6. The van der Waals surface area contributed by atoms with Gasteiger partial charge in [-0.2, -0.15) is 0 Å². The smallest absolute Gasteiger partial charge is 0.227 e. The fourth-order valence-corrected chi connectivity index (χ4v) is 2.72. The van der Waals surface area contributed by atoms with E-state index in [-0.39, 0.29) is 29.9 Å². The zero-order valence-electron chi connectivity index (χ0n) is 15.8. The van der Waals surface area contributed by atoms with Gasteiger partial charge in [0.15, 0.2) is 5.96 Å². The van der Waals surface area contributed by atoms with Gasteiger partial charge in [0.1, 0.15) is 0 Å². The third-order valence-corrected chi connectivity index (χ3v) is 4.39. The summed E-state index contributed by atoms with van der Waals surface area (Å²) >= 11 is 12.1. The number of benzene rings is 1. The second-order valence-electron chi connectivity index (χ2n) is 6.44. The Morgan fingerprint density at radius 1 is 1.19 bits per heavy atom. The van der Waals surface area contributed by atoms with Gasteiger partial charge in [-0.15, -0.1) is 24.0 Å². The SMILES string of the molecule is CCNC(=O)C(C)(C)CNC(=NC)NCCCc1ccc(Cl)cc1Cl.I. The van der Waals surface area contributed by atoms with Gasteiger partial charge >= 0.3 is 0 Å². The molecule has 0 fully saturated rings. The summed E-state index contributed by atoms with van der Waals surface area (Å²) in [6, 6.07) is 5.56. The highest BCUT2D eigenvalue weighted by Gasteiger charge is 2.27. The third-order valence-electron chi connectivity index (χ3n) is 3.80. The van der Waals surface area contributed by atoms with Gasteiger partial charge in [0.25, 0.3) is 0 Å². The van der Waals surface area contributed by atoms with Crippen LogP contribution in [-0.4, -0.2) is 38.5 Å². The van der Waals surface area contributed by atoms with Crippen LogP contribution in [0.25, 0.3) is 0 Å². The van der Waals surface area contributed by atoms with Crippen molar-refractivity contribution in [3.05, 3.63) is 33.8 Å². The summed E-state index contributed by atoms with van der Waals surface area (Å²) in [5, 5.41) is 10.6. The number of guanidine groups is 1. The molecular weight excluding hydrogens is 486 g/mol. The number of hydrogen-bond donors (Lipinski definition) is 3. The summed E-state index contributed by atoms with van der Waals surface area (Å²) in [7, 11) is 1.71. The van der Waals surface area contributed by atoms with E-state index < -0.39 is 5.41 Å². The number of rotatable bonds is 8. The summed E-state index contributed by atoms with van der Waals surface area (Å²) in [4.78, 5) is 16.2. The van der Waals surface area contributed by atoms with E-state index in [0.717, 1.165) is 24.9 Å². The Balaban J connectivity index is 0.00000625. The molecule has 0 bridgehead atoms. The first-order valence-electron chi connectivity index (χ1n) is 8.47. The topological polar surface area (TPSA) is 65.5 Å². The van der Waals surface area contributed by atoms with Gasteiger partial charge in [0.05, 0.1) is 5.41 Å². The quantitative estimate of drug-likeness (QED) is 0.213. The van der Waals surface area contributed by atoms with Crippen molar-refractivity contribution in [2.45, 2.75) is 33.6 Å². The average Bonchev–Trinajstić information content (AvgIpc) is 2.56. The normalized spacial score (nSPS) is 11.5. The van der Waals surface area contributed by atoms with Crippen LogP contribution in [-0.2, 0) is 11.2 Å². The molecule has 148 valence electrons. The summed E-state index contributed by atoms with van der Waals surface area (Å²) in [6.07, 6.45) is 1.76. The third kappa shape index (κ3) is 8.77. The van der Waals surface area contributed by atoms with Gasteiger partial charge in [-0.3, -0.25) is 9.79 Å². The van der Waals surface area contributed by atoms with Gasteiger partial charge in [0, 0.05) is 36.7 Å². The molecule has 0 aromatic heterocycles. The molecule has 0 unspecified atom stereocenters. The molecule has 1 rings (SSSR count). The summed E-state index contributed by atoms with van der Waals surface area (Å²) in [5.74, 6) is 0.704. The second kappa shape index (κ2) is 12.6. The number of halogens is 3. The van der Waals surface area contributed by atoms with Gasteiger partial charge in [-0.1, -0.05) is 29.3 Å². The number of carbonyl (C=O) groups is 1. The highest BCUT2D eigenvalue weighted by molar-refractivity contribution is 14.0. The van der Waals surface area contributed by atoms with Crippen molar-refractivity contribution in [2.75, 3.05) is 26.7 Å². The van der Waals surface area contributed by atoms with Crippen molar-refractivity contribution in [1.29, 1.82) is 0 Å². The molecule has 0 heterocycles. The van der Waals surface area contributed by atoms with Gasteiger partial charge in [-0.25, -0.2) is 0 Å².